The van der Waals surface area contributed by atoms with Crippen LogP contribution in [0.4, 0.5) is 5.13 Å². The molecule has 1 aromatic carbocycles. The minimum absolute atomic E-state index is 0.559. The van der Waals surface area contributed by atoms with E-state index in [-0.39, 0.29) is 0 Å². The molecule has 0 fully saturated rings. The van der Waals surface area contributed by atoms with Crippen LogP contribution in [0.2, 0.25) is 0 Å². The minimum Gasteiger partial charge on any atom is -0.493 e. The van der Waals surface area contributed by atoms with Crippen LogP contribution in [0.15, 0.2) is 29.6 Å². The normalized spacial score (nSPS) is 10.2. The number of aromatic nitrogens is 1. The fourth-order valence-electron chi connectivity index (χ4n) is 1.44. The first-order valence-corrected chi connectivity index (χ1v) is 6.13. The first kappa shape index (κ1) is 11.7. The highest BCUT2D eigenvalue weighted by Gasteiger charge is 2.03. The number of hydrogen-bond acceptors (Lipinski definition) is 5. The third-order valence-electron chi connectivity index (χ3n) is 2.25. The van der Waals surface area contributed by atoms with E-state index in [1.54, 1.807) is 7.11 Å². The molecule has 2 rings (SSSR count). The number of anilines is 1. The second kappa shape index (κ2) is 5.54. The van der Waals surface area contributed by atoms with E-state index in [9.17, 15) is 0 Å². The van der Waals surface area contributed by atoms with Gasteiger partial charge in [-0.25, -0.2) is 4.98 Å². The predicted molar refractivity (Wildman–Crippen MR) is 68.7 cm³/mol. The molecule has 1 heterocycles. The van der Waals surface area contributed by atoms with Gasteiger partial charge in [-0.1, -0.05) is 12.1 Å². The van der Waals surface area contributed by atoms with Crippen molar-refractivity contribution >= 4 is 16.5 Å². The Labute approximate surface area is 104 Å². The van der Waals surface area contributed by atoms with Gasteiger partial charge in [0.1, 0.15) is 0 Å². The van der Waals surface area contributed by atoms with Crippen molar-refractivity contribution in [2.75, 3.05) is 19.5 Å². The summed E-state index contributed by atoms with van der Waals surface area (Å²) >= 11 is 1.44. The summed E-state index contributed by atoms with van der Waals surface area (Å²) in [4.78, 5) is 4.17. The number of nitrogens with two attached hydrogens (primary N) is 1. The summed E-state index contributed by atoms with van der Waals surface area (Å²) < 4.78 is 10.8. The zero-order valence-electron chi connectivity index (χ0n) is 9.55. The number of methoxy groups -OCH3 is 1. The summed E-state index contributed by atoms with van der Waals surface area (Å²) in [5.41, 5.74) is 6.51. The van der Waals surface area contributed by atoms with E-state index < -0.39 is 0 Å². The van der Waals surface area contributed by atoms with Crippen molar-refractivity contribution in [1.29, 1.82) is 0 Å². The fourth-order valence-corrected chi connectivity index (χ4v) is 2.04. The Balaban J connectivity index is 1.89. The molecule has 4 nitrogen and oxygen atoms in total. The highest BCUT2D eigenvalue weighted by Crippen LogP contribution is 2.25. The van der Waals surface area contributed by atoms with Gasteiger partial charge in [0, 0.05) is 11.8 Å². The molecule has 5 heteroatoms. The van der Waals surface area contributed by atoms with Crippen molar-refractivity contribution in [3.05, 3.63) is 35.3 Å². The van der Waals surface area contributed by atoms with Crippen molar-refractivity contribution < 1.29 is 9.47 Å². The highest BCUT2D eigenvalue weighted by atomic mass is 32.1. The van der Waals surface area contributed by atoms with Crippen molar-refractivity contribution in [1.82, 2.24) is 4.98 Å². The van der Waals surface area contributed by atoms with Gasteiger partial charge in [-0.3, -0.25) is 0 Å². The maximum Gasteiger partial charge on any atom is 0.180 e. The van der Waals surface area contributed by atoms with Crippen LogP contribution >= 0.6 is 11.3 Å². The van der Waals surface area contributed by atoms with Gasteiger partial charge < -0.3 is 15.2 Å². The number of rotatable bonds is 5. The molecule has 0 saturated carbocycles. The Morgan fingerprint density at radius 3 is 2.71 bits per heavy atom. The SMILES string of the molecule is COc1ccccc1OCCc1csc(N)n1. The van der Waals surface area contributed by atoms with E-state index >= 15 is 0 Å². The largest absolute Gasteiger partial charge is 0.493 e. The van der Waals surface area contributed by atoms with Gasteiger partial charge in [0.15, 0.2) is 16.6 Å². The predicted octanol–water partition coefficient (Wildman–Crippen LogP) is 2.36. The molecular weight excluding hydrogens is 236 g/mol. The van der Waals surface area contributed by atoms with E-state index in [4.69, 9.17) is 15.2 Å². The first-order chi connectivity index (χ1) is 8.29. The second-order valence-electron chi connectivity index (χ2n) is 3.43. The maximum atomic E-state index is 5.64. The number of ether oxygens (including phenoxy) is 2. The number of nitrogen functional groups attached to an aromatic ring is 1. The molecule has 2 N–H and O–H groups in total. The Kier molecular flexibility index (Phi) is 3.82. The molecule has 0 aliphatic carbocycles. The summed E-state index contributed by atoms with van der Waals surface area (Å²) in [6, 6.07) is 7.58. The molecule has 0 saturated heterocycles. The summed E-state index contributed by atoms with van der Waals surface area (Å²) in [6.07, 6.45) is 0.742. The molecule has 17 heavy (non-hydrogen) atoms. The lowest BCUT2D eigenvalue weighted by atomic mass is 10.3. The zero-order chi connectivity index (χ0) is 12.1. The third kappa shape index (κ3) is 3.10. The van der Waals surface area contributed by atoms with Crippen LogP contribution in [0.5, 0.6) is 11.5 Å². The van der Waals surface area contributed by atoms with E-state index in [0.29, 0.717) is 11.7 Å². The zero-order valence-corrected chi connectivity index (χ0v) is 10.4. The molecule has 0 amide bonds. The topological polar surface area (TPSA) is 57.4 Å². The summed E-state index contributed by atoms with van der Waals surface area (Å²) in [6.45, 7) is 0.559. The first-order valence-electron chi connectivity index (χ1n) is 5.25. The van der Waals surface area contributed by atoms with Crippen molar-refractivity contribution in [3.8, 4) is 11.5 Å². The van der Waals surface area contributed by atoms with Crippen LogP contribution in [-0.4, -0.2) is 18.7 Å². The molecule has 90 valence electrons. The van der Waals surface area contributed by atoms with Gasteiger partial charge in [0.2, 0.25) is 0 Å². The quantitative estimate of drug-likeness (QED) is 0.885. The summed E-state index contributed by atoms with van der Waals surface area (Å²) in [7, 11) is 1.63. The third-order valence-corrected chi connectivity index (χ3v) is 2.98. The average molecular weight is 250 g/mol. The highest BCUT2D eigenvalue weighted by molar-refractivity contribution is 7.13. The monoisotopic (exact) mass is 250 g/mol. The lowest BCUT2D eigenvalue weighted by Crippen LogP contribution is -2.03. The van der Waals surface area contributed by atoms with Crippen molar-refractivity contribution in [2.24, 2.45) is 0 Å². The molecule has 0 aliphatic rings. The maximum absolute atomic E-state index is 5.64. The second-order valence-corrected chi connectivity index (χ2v) is 4.32. The van der Waals surface area contributed by atoms with Crippen molar-refractivity contribution in [3.63, 3.8) is 0 Å². The van der Waals surface area contributed by atoms with E-state index in [2.05, 4.69) is 4.98 Å². The molecule has 2 aromatic rings. The van der Waals surface area contributed by atoms with Crippen LogP contribution < -0.4 is 15.2 Å². The molecule has 0 radical (unpaired) electrons. The van der Waals surface area contributed by atoms with Gasteiger partial charge in [-0.15, -0.1) is 11.3 Å². The Morgan fingerprint density at radius 2 is 2.06 bits per heavy atom. The van der Waals surface area contributed by atoms with Gasteiger partial charge in [-0.05, 0) is 12.1 Å². The molecular formula is C12H14N2O2S. The smallest absolute Gasteiger partial charge is 0.180 e. The molecule has 0 unspecified atom stereocenters. The minimum atomic E-state index is 0.559. The van der Waals surface area contributed by atoms with Crippen LogP contribution in [0.25, 0.3) is 0 Å². The van der Waals surface area contributed by atoms with Crippen molar-refractivity contribution in [2.45, 2.75) is 6.42 Å². The van der Waals surface area contributed by atoms with Gasteiger partial charge in [-0.2, -0.15) is 0 Å². The number of benzene rings is 1. The number of para-hydroxylation sites is 2. The van der Waals surface area contributed by atoms with Crippen LogP contribution in [0.3, 0.4) is 0 Å². The Bertz CT molecular complexity index is 485. The molecule has 1 aromatic heterocycles. The van der Waals surface area contributed by atoms with E-state index in [1.165, 1.54) is 11.3 Å². The lowest BCUT2D eigenvalue weighted by Gasteiger charge is -2.09. The fraction of sp³-hybridized carbons (Fsp3) is 0.250. The Morgan fingerprint density at radius 1 is 1.29 bits per heavy atom. The molecule has 0 spiro atoms. The number of thiazole rings is 1. The standard InChI is InChI=1S/C12H14N2O2S/c1-15-10-4-2-3-5-11(10)16-7-6-9-8-17-12(13)14-9/h2-5,8H,6-7H2,1H3,(H2,13,14). The van der Waals surface area contributed by atoms with Crippen LogP contribution in [-0.2, 0) is 6.42 Å². The van der Waals surface area contributed by atoms with Gasteiger partial charge in [0.05, 0.1) is 19.4 Å². The summed E-state index contributed by atoms with van der Waals surface area (Å²) in [5, 5.41) is 2.54. The van der Waals surface area contributed by atoms with Gasteiger partial charge >= 0.3 is 0 Å². The lowest BCUT2D eigenvalue weighted by molar-refractivity contribution is 0.297. The summed E-state index contributed by atoms with van der Waals surface area (Å²) in [5.74, 6) is 1.49. The van der Waals surface area contributed by atoms with Crippen LogP contribution in [0, 0.1) is 0 Å². The Hall–Kier alpha value is -1.75. The van der Waals surface area contributed by atoms with E-state index in [0.717, 1.165) is 23.6 Å². The molecule has 0 aliphatic heterocycles. The average Bonchev–Trinajstić information content (AvgIpc) is 2.76. The van der Waals surface area contributed by atoms with Crippen LogP contribution in [0.1, 0.15) is 5.69 Å². The van der Waals surface area contributed by atoms with E-state index in [1.807, 2.05) is 29.6 Å². The number of nitrogens with zero attached hydrogens (tertiary/aromatic N) is 1. The molecule has 0 bridgehead atoms. The number of hydrogen-bond donors (Lipinski definition) is 1. The van der Waals surface area contributed by atoms with Gasteiger partial charge in [0.25, 0.3) is 0 Å². The molecule has 0 atom stereocenters.